The largest absolute Gasteiger partial charge is 0.481 e. The van der Waals surface area contributed by atoms with Gasteiger partial charge in [-0.15, -0.1) is 0 Å². The van der Waals surface area contributed by atoms with Gasteiger partial charge in [0, 0.05) is 19.2 Å². The van der Waals surface area contributed by atoms with Crippen molar-refractivity contribution in [3.05, 3.63) is 0 Å². The Bertz CT molecular complexity index is 310. The zero-order chi connectivity index (χ0) is 14.8. The average Bonchev–Trinajstić information content (AvgIpc) is 2.43. The molecule has 6 heteroatoms. The summed E-state index contributed by atoms with van der Waals surface area (Å²) in [5.74, 6) is -1.28. The van der Waals surface area contributed by atoms with Gasteiger partial charge in [-0.25, -0.2) is 4.79 Å². The number of rotatable bonds is 8. The maximum Gasteiger partial charge on any atom is 0.315 e. The van der Waals surface area contributed by atoms with Crippen LogP contribution in [0.1, 0.15) is 45.4 Å². The van der Waals surface area contributed by atoms with E-state index in [9.17, 15) is 9.59 Å². The summed E-state index contributed by atoms with van der Waals surface area (Å²) in [6.45, 7) is 3.74. The molecule has 2 unspecified atom stereocenters. The van der Waals surface area contributed by atoms with Crippen molar-refractivity contribution in [3.63, 3.8) is 0 Å². The van der Waals surface area contributed by atoms with E-state index in [2.05, 4.69) is 17.6 Å². The number of ether oxygens (including phenoxy) is 1. The number of aliphatic carboxylic acids is 1. The van der Waals surface area contributed by atoms with Crippen molar-refractivity contribution in [2.24, 2.45) is 5.92 Å². The van der Waals surface area contributed by atoms with E-state index in [4.69, 9.17) is 9.84 Å². The van der Waals surface area contributed by atoms with Gasteiger partial charge in [0.25, 0.3) is 0 Å². The van der Waals surface area contributed by atoms with Gasteiger partial charge in [-0.3, -0.25) is 4.79 Å². The van der Waals surface area contributed by atoms with Crippen molar-refractivity contribution in [1.29, 1.82) is 0 Å². The van der Waals surface area contributed by atoms with Crippen LogP contribution in [0.5, 0.6) is 0 Å². The van der Waals surface area contributed by atoms with Gasteiger partial charge in [-0.05, 0) is 19.3 Å². The zero-order valence-electron chi connectivity index (χ0n) is 12.2. The summed E-state index contributed by atoms with van der Waals surface area (Å²) in [5.41, 5.74) is 0. The lowest BCUT2D eigenvalue weighted by molar-refractivity contribution is -0.143. The fourth-order valence-electron chi connectivity index (χ4n) is 2.40. The molecule has 0 radical (unpaired) electrons. The summed E-state index contributed by atoms with van der Waals surface area (Å²) in [4.78, 5) is 22.8. The van der Waals surface area contributed by atoms with Crippen molar-refractivity contribution < 1.29 is 19.4 Å². The third kappa shape index (κ3) is 6.23. The van der Waals surface area contributed by atoms with Gasteiger partial charge < -0.3 is 20.5 Å². The summed E-state index contributed by atoms with van der Waals surface area (Å²) >= 11 is 0. The lowest BCUT2D eigenvalue weighted by atomic mass is 9.84. The van der Waals surface area contributed by atoms with Crippen molar-refractivity contribution in [2.45, 2.75) is 51.5 Å². The predicted molar refractivity (Wildman–Crippen MR) is 75.6 cm³/mol. The number of hydrogen-bond donors (Lipinski definition) is 3. The summed E-state index contributed by atoms with van der Waals surface area (Å²) in [6.07, 6.45) is 5.37. The van der Waals surface area contributed by atoms with E-state index in [1.54, 1.807) is 0 Å². The van der Waals surface area contributed by atoms with Crippen LogP contribution in [0.15, 0.2) is 0 Å². The molecule has 2 atom stereocenters. The smallest absolute Gasteiger partial charge is 0.315 e. The monoisotopic (exact) mass is 286 g/mol. The standard InChI is InChI=1S/C14H26N2O4/c1-2-3-9-20-10-8-15-14(19)16-12-7-5-4-6-11(12)13(17)18/h11-12H,2-10H2,1H3,(H,17,18)(H2,15,16,19). The van der Waals surface area contributed by atoms with Crippen LogP contribution < -0.4 is 10.6 Å². The molecule has 116 valence electrons. The molecule has 3 N–H and O–H groups in total. The molecule has 0 aromatic rings. The van der Waals surface area contributed by atoms with Crippen molar-refractivity contribution in [2.75, 3.05) is 19.8 Å². The maximum atomic E-state index is 11.7. The van der Waals surface area contributed by atoms with E-state index in [0.29, 0.717) is 26.2 Å². The normalized spacial score (nSPS) is 22.2. The van der Waals surface area contributed by atoms with E-state index in [1.807, 2.05) is 0 Å². The topological polar surface area (TPSA) is 87.7 Å². The Kier molecular flexibility index (Phi) is 8.02. The molecule has 0 bridgehead atoms. The van der Waals surface area contributed by atoms with E-state index in [0.717, 1.165) is 32.1 Å². The Morgan fingerprint density at radius 3 is 2.70 bits per heavy atom. The first-order valence-corrected chi connectivity index (χ1v) is 7.50. The molecule has 1 aliphatic rings. The average molecular weight is 286 g/mol. The molecule has 1 saturated carbocycles. The van der Waals surface area contributed by atoms with Gasteiger partial charge in [-0.1, -0.05) is 26.2 Å². The van der Waals surface area contributed by atoms with E-state index < -0.39 is 11.9 Å². The Morgan fingerprint density at radius 2 is 2.00 bits per heavy atom. The Balaban J connectivity index is 2.18. The van der Waals surface area contributed by atoms with Gasteiger partial charge in [0.2, 0.25) is 0 Å². The predicted octanol–water partition coefficient (Wildman–Crippen LogP) is 1.75. The van der Waals surface area contributed by atoms with Crippen LogP contribution in [0.4, 0.5) is 4.79 Å². The van der Waals surface area contributed by atoms with Gasteiger partial charge in [0.05, 0.1) is 12.5 Å². The SMILES string of the molecule is CCCCOCCNC(=O)NC1CCCCC1C(=O)O. The highest BCUT2D eigenvalue weighted by atomic mass is 16.5. The number of unbranched alkanes of at least 4 members (excludes halogenated alkanes) is 1. The zero-order valence-corrected chi connectivity index (χ0v) is 12.2. The molecule has 20 heavy (non-hydrogen) atoms. The molecule has 6 nitrogen and oxygen atoms in total. The third-order valence-electron chi connectivity index (χ3n) is 3.57. The fraction of sp³-hybridized carbons (Fsp3) is 0.857. The molecule has 1 rings (SSSR count). The molecule has 0 aromatic carbocycles. The van der Waals surface area contributed by atoms with E-state index in [1.165, 1.54) is 0 Å². The van der Waals surface area contributed by atoms with Crippen LogP contribution in [0.3, 0.4) is 0 Å². The van der Waals surface area contributed by atoms with E-state index >= 15 is 0 Å². The number of hydrogen-bond acceptors (Lipinski definition) is 3. The number of amides is 2. The lowest BCUT2D eigenvalue weighted by Gasteiger charge is -2.29. The highest BCUT2D eigenvalue weighted by Crippen LogP contribution is 2.24. The quantitative estimate of drug-likeness (QED) is 0.593. The molecule has 0 aromatic heterocycles. The first kappa shape index (κ1) is 16.8. The third-order valence-corrected chi connectivity index (χ3v) is 3.57. The molecule has 0 aliphatic heterocycles. The maximum absolute atomic E-state index is 11.7. The second kappa shape index (κ2) is 9.58. The number of carboxylic acid groups (broad SMARTS) is 1. The minimum absolute atomic E-state index is 0.262. The van der Waals surface area contributed by atoms with Gasteiger partial charge in [0.15, 0.2) is 0 Å². The minimum atomic E-state index is -0.821. The molecule has 0 heterocycles. The molecule has 1 fully saturated rings. The van der Waals surface area contributed by atoms with Crippen LogP contribution in [-0.2, 0) is 9.53 Å². The molecular weight excluding hydrogens is 260 g/mol. The second-order valence-corrected chi connectivity index (χ2v) is 5.20. The molecule has 0 saturated heterocycles. The first-order valence-electron chi connectivity index (χ1n) is 7.50. The van der Waals surface area contributed by atoms with Crippen LogP contribution in [0.2, 0.25) is 0 Å². The van der Waals surface area contributed by atoms with Gasteiger partial charge >= 0.3 is 12.0 Å². The summed E-state index contributed by atoms with van der Waals surface area (Å²) in [5, 5.41) is 14.6. The summed E-state index contributed by atoms with van der Waals surface area (Å²) < 4.78 is 5.34. The van der Waals surface area contributed by atoms with Gasteiger partial charge in [-0.2, -0.15) is 0 Å². The molecule has 2 amide bonds. The van der Waals surface area contributed by atoms with Crippen LogP contribution in [-0.4, -0.2) is 42.9 Å². The lowest BCUT2D eigenvalue weighted by Crippen LogP contribution is -2.49. The fourth-order valence-corrected chi connectivity index (χ4v) is 2.40. The number of carboxylic acids is 1. The highest BCUT2D eigenvalue weighted by Gasteiger charge is 2.31. The van der Waals surface area contributed by atoms with Crippen LogP contribution >= 0.6 is 0 Å². The molecule has 0 spiro atoms. The van der Waals surface area contributed by atoms with Crippen molar-refractivity contribution in [1.82, 2.24) is 10.6 Å². The highest BCUT2D eigenvalue weighted by molar-refractivity contribution is 5.76. The summed E-state index contributed by atoms with van der Waals surface area (Å²) in [6, 6.07) is -0.565. The first-order chi connectivity index (χ1) is 9.65. The molecular formula is C14H26N2O4. The van der Waals surface area contributed by atoms with E-state index in [-0.39, 0.29) is 12.1 Å². The van der Waals surface area contributed by atoms with Crippen molar-refractivity contribution in [3.8, 4) is 0 Å². The van der Waals surface area contributed by atoms with Crippen LogP contribution in [0, 0.1) is 5.92 Å². The second-order valence-electron chi connectivity index (χ2n) is 5.20. The number of urea groups is 1. The molecule has 1 aliphatic carbocycles. The Hall–Kier alpha value is -1.30. The Morgan fingerprint density at radius 1 is 1.25 bits per heavy atom. The number of nitrogens with one attached hydrogen (secondary N) is 2. The number of carbonyl (C=O) groups excluding carboxylic acids is 1. The van der Waals surface area contributed by atoms with Gasteiger partial charge in [0.1, 0.15) is 0 Å². The minimum Gasteiger partial charge on any atom is -0.481 e. The van der Waals surface area contributed by atoms with Crippen molar-refractivity contribution >= 4 is 12.0 Å². The van der Waals surface area contributed by atoms with Crippen LogP contribution in [0.25, 0.3) is 0 Å². The number of carbonyl (C=O) groups is 2. The summed E-state index contributed by atoms with van der Waals surface area (Å²) in [7, 11) is 0. The Labute approximate surface area is 120 Å².